The number of hydrogen-bond donors (Lipinski definition) is 2. The normalized spacial score (nSPS) is 12.4. The SMILES string of the molecule is CCNc1nnc(C(=O)NC(C)CCCN(CC)CC)s1. The minimum absolute atomic E-state index is 0.132. The summed E-state index contributed by atoms with van der Waals surface area (Å²) in [5.41, 5.74) is 0. The lowest BCUT2D eigenvalue weighted by Crippen LogP contribution is -2.33. The summed E-state index contributed by atoms with van der Waals surface area (Å²) < 4.78 is 0. The zero-order valence-corrected chi connectivity index (χ0v) is 14.3. The van der Waals surface area contributed by atoms with Gasteiger partial charge in [-0.3, -0.25) is 4.79 Å². The van der Waals surface area contributed by atoms with Gasteiger partial charge in [-0.15, -0.1) is 10.2 Å². The van der Waals surface area contributed by atoms with Crippen LogP contribution < -0.4 is 10.6 Å². The predicted octanol–water partition coefficient (Wildman–Crippen LogP) is 2.21. The summed E-state index contributed by atoms with van der Waals surface area (Å²) in [5, 5.41) is 15.0. The Bertz CT molecular complexity index is 419. The number of carbonyl (C=O) groups is 1. The first-order valence-electron chi connectivity index (χ1n) is 7.71. The zero-order chi connectivity index (χ0) is 15.7. The van der Waals surface area contributed by atoms with E-state index in [1.54, 1.807) is 0 Å². The lowest BCUT2D eigenvalue weighted by molar-refractivity contribution is 0.0936. The standard InChI is InChI=1S/C14H27N5OS/c1-5-15-14-18-17-13(21-14)12(20)16-11(4)9-8-10-19(6-2)7-3/h11H,5-10H2,1-4H3,(H,15,18)(H,16,20). The van der Waals surface area contributed by atoms with Crippen LogP contribution in [-0.4, -0.2) is 53.2 Å². The Labute approximate surface area is 131 Å². The fourth-order valence-electron chi connectivity index (χ4n) is 2.06. The molecule has 1 rings (SSSR count). The van der Waals surface area contributed by atoms with Crippen molar-refractivity contribution in [2.75, 3.05) is 31.5 Å². The van der Waals surface area contributed by atoms with Gasteiger partial charge < -0.3 is 15.5 Å². The van der Waals surface area contributed by atoms with E-state index in [2.05, 4.69) is 39.6 Å². The highest BCUT2D eigenvalue weighted by molar-refractivity contribution is 7.17. The molecule has 0 bridgehead atoms. The number of nitrogens with zero attached hydrogens (tertiary/aromatic N) is 3. The largest absolute Gasteiger partial charge is 0.360 e. The maximum Gasteiger partial charge on any atom is 0.282 e. The molecule has 0 radical (unpaired) electrons. The number of hydrogen-bond acceptors (Lipinski definition) is 6. The van der Waals surface area contributed by atoms with E-state index >= 15 is 0 Å². The molecule has 1 atom stereocenters. The molecule has 6 nitrogen and oxygen atoms in total. The van der Waals surface area contributed by atoms with Gasteiger partial charge in [-0.2, -0.15) is 0 Å². The van der Waals surface area contributed by atoms with Gasteiger partial charge in [-0.1, -0.05) is 25.2 Å². The summed E-state index contributed by atoms with van der Waals surface area (Å²) in [6.07, 6.45) is 2.06. The van der Waals surface area contributed by atoms with Gasteiger partial charge in [0.1, 0.15) is 0 Å². The van der Waals surface area contributed by atoms with Crippen molar-refractivity contribution in [2.24, 2.45) is 0 Å². The van der Waals surface area contributed by atoms with E-state index < -0.39 is 0 Å². The van der Waals surface area contributed by atoms with Crippen LogP contribution in [0, 0.1) is 0 Å². The molecular formula is C14H27N5OS. The Balaban J connectivity index is 2.32. The first-order chi connectivity index (χ1) is 10.1. The summed E-state index contributed by atoms with van der Waals surface area (Å²) in [5.74, 6) is -0.132. The molecule has 0 aliphatic rings. The van der Waals surface area contributed by atoms with Crippen LogP contribution in [0.2, 0.25) is 0 Å². The van der Waals surface area contributed by atoms with Crippen molar-refractivity contribution in [1.82, 2.24) is 20.4 Å². The third-order valence-electron chi connectivity index (χ3n) is 3.33. The average molecular weight is 313 g/mol. The van der Waals surface area contributed by atoms with Gasteiger partial charge in [0.15, 0.2) is 0 Å². The van der Waals surface area contributed by atoms with Crippen LogP contribution in [0.1, 0.15) is 50.3 Å². The zero-order valence-electron chi connectivity index (χ0n) is 13.5. The van der Waals surface area contributed by atoms with Gasteiger partial charge in [0, 0.05) is 12.6 Å². The first-order valence-corrected chi connectivity index (χ1v) is 8.52. The second-order valence-corrected chi connectivity index (χ2v) is 5.96. The lowest BCUT2D eigenvalue weighted by Gasteiger charge is -2.19. The highest BCUT2D eigenvalue weighted by atomic mass is 32.1. The molecule has 7 heteroatoms. The molecule has 0 aliphatic heterocycles. The average Bonchev–Trinajstić information content (AvgIpc) is 2.93. The van der Waals surface area contributed by atoms with E-state index in [1.807, 2.05) is 13.8 Å². The Morgan fingerprint density at radius 3 is 2.62 bits per heavy atom. The van der Waals surface area contributed by atoms with Crippen molar-refractivity contribution < 1.29 is 4.79 Å². The Hall–Kier alpha value is -1.21. The molecule has 1 heterocycles. The van der Waals surface area contributed by atoms with Gasteiger partial charge in [-0.25, -0.2) is 0 Å². The van der Waals surface area contributed by atoms with Crippen LogP contribution in [-0.2, 0) is 0 Å². The summed E-state index contributed by atoms with van der Waals surface area (Å²) in [7, 11) is 0. The van der Waals surface area contributed by atoms with Crippen LogP contribution in [0.25, 0.3) is 0 Å². The number of carbonyl (C=O) groups excluding carboxylic acids is 1. The van der Waals surface area contributed by atoms with E-state index in [0.29, 0.717) is 10.1 Å². The van der Waals surface area contributed by atoms with E-state index in [4.69, 9.17) is 0 Å². The second kappa shape index (κ2) is 9.68. The molecular weight excluding hydrogens is 286 g/mol. The van der Waals surface area contributed by atoms with E-state index in [9.17, 15) is 4.79 Å². The topological polar surface area (TPSA) is 70.1 Å². The molecule has 1 aromatic rings. The summed E-state index contributed by atoms with van der Waals surface area (Å²) in [6, 6.07) is 0.152. The molecule has 1 aromatic heterocycles. The van der Waals surface area contributed by atoms with Crippen LogP contribution in [0.15, 0.2) is 0 Å². The smallest absolute Gasteiger partial charge is 0.282 e. The van der Waals surface area contributed by atoms with Crippen molar-refractivity contribution >= 4 is 22.4 Å². The van der Waals surface area contributed by atoms with Crippen LogP contribution in [0.5, 0.6) is 0 Å². The molecule has 0 aromatic carbocycles. The monoisotopic (exact) mass is 313 g/mol. The maximum absolute atomic E-state index is 12.0. The Morgan fingerprint density at radius 2 is 2.00 bits per heavy atom. The van der Waals surface area contributed by atoms with Crippen LogP contribution >= 0.6 is 11.3 Å². The molecule has 2 N–H and O–H groups in total. The second-order valence-electron chi connectivity index (χ2n) is 4.99. The van der Waals surface area contributed by atoms with Crippen molar-refractivity contribution in [2.45, 2.75) is 46.6 Å². The molecule has 0 aliphatic carbocycles. The fourth-order valence-corrected chi connectivity index (χ4v) is 2.77. The number of amides is 1. The number of aromatic nitrogens is 2. The van der Waals surface area contributed by atoms with Gasteiger partial charge in [0.2, 0.25) is 10.1 Å². The van der Waals surface area contributed by atoms with Crippen molar-refractivity contribution in [3.8, 4) is 0 Å². The minimum atomic E-state index is -0.132. The molecule has 0 saturated carbocycles. The van der Waals surface area contributed by atoms with E-state index in [0.717, 1.165) is 39.0 Å². The number of rotatable bonds is 10. The highest BCUT2D eigenvalue weighted by Crippen LogP contribution is 2.14. The minimum Gasteiger partial charge on any atom is -0.360 e. The third kappa shape index (κ3) is 6.39. The molecule has 0 spiro atoms. The Kier molecular flexibility index (Phi) is 8.22. The fraction of sp³-hybridized carbons (Fsp3) is 0.786. The molecule has 120 valence electrons. The molecule has 1 unspecified atom stereocenters. The van der Waals surface area contributed by atoms with Gasteiger partial charge in [0.05, 0.1) is 0 Å². The lowest BCUT2D eigenvalue weighted by atomic mass is 10.1. The van der Waals surface area contributed by atoms with E-state index in [-0.39, 0.29) is 11.9 Å². The van der Waals surface area contributed by atoms with Crippen LogP contribution in [0.4, 0.5) is 5.13 Å². The third-order valence-corrected chi connectivity index (χ3v) is 4.21. The number of nitrogens with one attached hydrogen (secondary N) is 2. The van der Waals surface area contributed by atoms with Gasteiger partial charge >= 0.3 is 0 Å². The van der Waals surface area contributed by atoms with Crippen LogP contribution in [0.3, 0.4) is 0 Å². The summed E-state index contributed by atoms with van der Waals surface area (Å²) >= 11 is 1.29. The van der Waals surface area contributed by atoms with Gasteiger partial charge in [-0.05, 0) is 46.3 Å². The summed E-state index contributed by atoms with van der Waals surface area (Å²) in [6.45, 7) is 12.4. The molecule has 21 heavy (non-hydrogen) atoms. The molecule has 0 saturated heterocycles. The highest BCUT2D eigenvalue weighted by Gasteiger charge is 2.15. The first kappa shape index (κ1) is 17.8. The van der Waals surface area contributed by atoms with Gasteiger partial charge in [0.25, 0.3) is 5.91 Å². The Morgan fingerprint density at radius 1 is 1.29 bits per heavy atom. The summed E-state index contributed by atoms with van der Waals surface area (Å²) in [4.78, 5) is 14.4. The molecule has 0 fully saturated rings. The molecule has 1 amide bonds. The van der Waals surface area contributed by atoms with Crippen molar-refractivity contribution in [3.05, 3.63) is 5.01 Å². The van der Waals surface area contributed by atoms with Crippen molar-refractivity contribution in [3.63, 3.8) is 0 Å². The maximum atomic E-state index is 12.0. The van der Waals surface area contributed by atoms with Crippen molar-refractivity contribution in [1.29, 1.82) is 0 Å². The number of anilines is 1. The quantitative estimate of drug-likeness (QED) is 0.693. The van der Waals surface area contributed by atoms with E-state index in [1.165, 1.54) is 11.3 Å². The predicted molar refractivity (Wildman–Crippen MR) is 88.0 cm³/mol.